The molecule has 0 aromatic carbocycles. The molecule has 1 aliphatic carbocycles. The highest BCUT2D eigenvalue weighted by molar-refractivity contribution is 5.88. The van der Waals surface area contributed by atoms with Crippen molar-refractivity contribution >= 4 is 11.8 Å². The third kappa shape index (κ3) is 3.32. The number of nitrogens with one attached hydrogen (secondary N) is 1. The summed E-state index contributed by atoms with van der Waals surface area (Å²) in [6.45, 7) is 4.94. The van der Waals surface area contributed by atoms with Crippen molar-refractivity contribution in [2.45, 2.75) is 58.1 Å². The van der Waals surface area contributed by atoms with Gasteiger partial charge in [-0.1, -0.05) is 20.3 Å². The van der Waals surface area contributed by atoms with Crippen LogP contribution in [0.3, 0.4) is 0 Å². The second kappa shape index (κ2) is 6.57. The van der Waals surface area contributed by atoms with Crippen LogP contribution in [-0.2, 0) is 9.59 Å². The number of hydrogen-bond acceptors (Lipinski definition) is 3. The van der Waals surface area contributed by atoms with Gasteiger partial charge in [-0.05, 0) is 25.7 Å². The largest absolute Gasteiger partial charge is 0.393 e. The minimum absolute atomic E-state index is 0.0588. The van der Waals surface area contributed by atoms with E-state index in [-0.39, 0.29) is 35.8 Å². The van der Waals surface area contributed by atoms with E-state index in [1.165, 1.54) is 0 Å². The van der Waals surface area contributed by atoms with Crippen molar-refractivity contribution in [3.8, 4) is 0 Å². The Labute approximate surface area is 120 Å². The predicted molar refractivity (Wildman–Crippen MR) is 75.9 cm³/mol. The van der Waals surface area contributed by atoms with Crippen LogP contribution >= 0.6 is 0 Å². The van der Waals surface area contributed by atoms with Crippen molar-refractivity contribution in [3.63, 3.8) is 0 Å². The van der Waals surface area contributed by atoms with Crippen LogP contribution in [0.1, 0.15) is 46.0 Å². The molecule has 1 saturated carbocycles. The Balaban J connectivity index is 1.86. The molecule has 0 aromatic rings. The second-order valence-corrected chi connectivity index (χ2v) is 6.35. The lowest BCUT2D eigenvalue weighted by molar-refractivity contribution is -0.140. The molecule has 5 nitrogen and oxygen atoms in total. The van der Waals surface area contributed by atoms with Gasteiger partial charge in [0, 0.05) is 24.9 Å². The summed E-state index contributed by atoms with van der Waals surface area (Å²) in [6, 6.07) is -0.316. The molecule has 20 heavy (non-hydrogen) atoms. The molecule has 2 fully saturated rings. The maximum Gasteiger partial charge on any atom is 0.242 e. The summed E-state index contributed by atoms with van der Waals surface area (Å²) >= 11 is 0. The van der Waals surface area contributed by atoms with Crippen molar-refractivity contribution < 1.29 is 14.7 Å². The summed E-state index contributed by atoms with van der Waals surface area (Å²) in [7, 11) is 0. The minimum Gasteiger partial charge on any atom is -0.393 e. The molecule has 1 saturated heterocycles. The molecule has 2 aliphatic rings. The van der Waals surface area contributed by atoms with Gasteiger partial charge in [0.05, 0.1) is 6.10 Å². The predicted octanol–water partition coefficient (Wildman–Crippen LogP) is 0.911. The number of nitrogens with zero attached hydrogens (tertiary/aromatic N) is 1. The molecule has 5 heteroatoms. The van der Waals surface area contributed by atoms with Crippen molar-refractivity contribution in [3.05, 3.63) is 0 Å². The molecule has 3 atom stereocenters. The van der Waals surface area contributed by atoms with E-state index in [0.717, 1.165) is 32.1 Å². The summed E-state index contributed by atoms with van der Waals surface area (Å²) in [5.41, 5.74) is 0. The highest BCUT2D eigenvalue weighted by Gasteiger charge is 2.35. The summed E-state index contributed by atoms with van der Waals surface area (Å²) in [5.74, 6) is 0.105. The van der Waals surface area contributed by atoms with Crippen LogP contribution in [0.2, 0.25) is 0 Å². The zero-order valence-corrected chi connectivity index (χ0v) is 12.5. The number of carbonyl (C=O) groups excluding carboxylic acids is 2. The first-order valence-corrected chi connectivity index (χ1v) is 7.77. The first-order valence-electron chi connectivity index (χ1n) is 7.77. The average molecular weight is 282 g/mol. The maximum atomic E-state index is 12.3. The minimum atomic E-state index is -0.316. The molecule has 1 heterocycles. The number of aliphatic hydroxyl groups excluding tert-OH is 1. The normalized spacial score (nSPS) is 30.0. The molecular weight excluding hydrogens is 256 g/mol. The zero-order valence-electron chi connectivity index (χ0n) is 12.5. The van der Waals surface area contributed by atoms with Crippen molar-refractivity contribution in [1.82, 2.24) is 10.2 Å². The SMILES string of the molecule is CC(C)C(=O)N1CCCC1C(=O)NCC1CCCC1O. The molecule has 2 rings (SSSR count). The second-order valence-electron chi connectivity index (χ2n) is 6.35. The van der Waals surface area contributed by atoms with Gasteiger partial charge in [-0.2, -0.15) is 0 Å². The Morgan fingerprint density at radius 1 is 1.25 bits per heavy atom. The molecule has 1 aliphatic heterocycles. The van der Waals surface area contributed by atoms with Crippen LogP contribution in [0, 0.1) is 11.8 Å². The number of amides is 2. The van der Waals surface area contributed by atoms with Gasteiger partial charge < -0.3 is 15.3 Å². The quantitative estimate of drug-likeness (QED) is 0.805. The van der Waals surface area contributed by atoms with Crippen LogP contribution in [-0.4, -0.2) is 47.1 Å². The number of hydrogen-bond donors (Lipinski definition) is 2. The molecule has 114 valence electrons. The molecule has 2 amide bonds. The van der Waals surface area contributed by atoms with Crippen molar-refractivity contribution in [2.24, 2.45) is 11.8 Å². The fourth-order valence-corrected chi connectivity index (χ4v) is 3.24. The Bertz CT molecular complexity index is 370. The van der Waals surface area contributed by atoms with E-state index >= 15 is 0 Å². The number of likely N-dealkylation sites (tertiary alicyclic amines) is 1. The molecular formula is C15H26N2O3. The molecule has 2 N–H and O–H groups in total. The summed E-state index contributed by atoms with van der Waals surface area (Å²) in [4.78, 5) is 26.1. The van der Waals surface area contributed by atoms with Crippen LogP contribution in [0.15, 0.2) is 0 Å². The highest BCUT2D eigenvalue weighted by Crippen LogP contribution is 2.25. The van der Waals surface area contributed by atoms with E-state index in [9.17, 15) is 14.7 Å². The van der Waals surface area contributed by atoms with Crippen LogP contribution in [0.5, 0.6) is 0 Å². The molecule has 0 bridgehead atoms. The van der Waals surface area contributed by atoms with Gasteiger partial charge >= 0.3 is 0 Å². The van der Waals surface area contributed by atoms with Crippen molar-refractivity contribution in [1.29, 1.82) is 0 Å². The number of rotatable bonds is 4. The fraction of sp³-hybridized carbons (Fsp3) is 0.867. The van der Waals surface area contributed by atoms with Crippen molar-refractivity contribution in [2.75, 3.05) is 13.1 Å². The van der Waals surface area contributed by atoms with Gasteiger partial charge in [-0.3, -0.25) is 9.59 Å². The maximum absolute atomic E-state index is 12.3. The zero-order chi connectivity index (χ0) is 14.7. The standard InChI is InChI=1S/C15H26N2O3/c1-10(2)15(20)17-8-4-6-12(17)14(19)16-9-11-5-3-7-13(11)18/h10-13,18H,3-9H2,1-2H3,(H,16,19). The molecule has 3 unspecified atom stereocenters. The molecule has 0 aromatic heterocycles. The lowest BCUT2D eigenvalue weighted by Gasteiger charge is -2.26. The Morgan fingerprint density at radius 3 is 2.60 bits per heavy atom. The summed E-state index contributed by atoms with van der Waals surface area (Å²) < 4.78 is 0. The third-order valence-electron chi connectivity index (χ3n) is 4.49. The lowest BCUT2D eigenvalue weighted by Crippen LogP contribution is -2.48. The van der Waals surface area contributed by atoms with Crippen LogP contribution in [0.25, 0.3) is 0 Å². The van der Waals surface area contributed by atoms with E-state index in [0.29, 0.717) is 13.1 Å². The van der Waals surface area contributed by atoms with Gasteiger partial charge in [-0.25, -0.2) is 0 Å². The molecule has 0 radical (unpaired) electrons. The fourth-order valence-electron chi connectivity index (χ4n) is 3.24. The van der Waals surface area contributed by atoms with Gasteiger partial charge in [0.1, 0.15) is 6.04 Å². The lowest BCUT2D eigenvalue weighted by atomic mass is 10.1. The number of aliphatic hydroxyl groups is 1. The Hall–Kier alpha value is -1.10. The first-order chi connectivity index (χ1) is 9.50. The summed E-state index contributed by atoms with van der Waals surface area (Å²) in [6.07, 6.45) is 4.19. The van der Waals surface area contributed by atoms with Gasteiger partial charge in [-0.15, -0.1) is 0 Å². The topological polar surface area (TPSA) is 69.6 Å². The van der Waals surface area contributed by atoms with Crippen LogP contribution < -0.4 is 5.32 Å². The Kier molecular flexibility index (Phi) is 5.02. The van der Waals surface area contributed by atoms with Crippen LogP contribution in [0.4, 0.5) is 0 Å². The van der Waals surface area contributed by atoms with Gasteiger partial charge in [0.15, 0.2) is 0 Å². The Morgan fingerprint density at radius 2 is 2.00 bits per heavy atom. The van der Waals surface area contributed by atoms with E-state index in [1.807, 2.05) is 13.8 Å². The average Bonchev–Trinajstić information content (AvgIpc) is 3.03. The third-order valence-corrected chi connectivity index (χ3v) is 4.49. The van der Waals surface area contributed by atoms with E-state index in [4.69, 9.17) is 0 Å². The molecule has 0 spiro atoms. The van der Waals surface area contributed by atoms with Gasteiger partial charge in [0.2, 0.25) is 11.8 Å². The monoisotopic (exact) mass is 282 g/mol. The van der Waals surface area contributed by atoms with E-state index in [1.54, 1.807) is 4.90 Å². The summed E-state index contributed by atoms with van der Waals surface area (Å²) in [5, 5.41) is 12.7. The smallest absolute Gasteiger partial charge is 0.242 e. The number of carbonyl (C=O) groups is 2. The van der Waals surface area contributed by atoms with E-state index < -0.39 is 0 Å². The van der Waals surface area contributed by atoms with Gasteiger partial charge in [0.25, 0.3) is 0 Å². The first kappa shape index (κ1) is 15.3. The van der Waals surface area contributed by atoms with E-state index in [2.05, 4.69) is 5.32 Å². The highest BCUT2D eigenvalue weighted by atomic mass is 16.3.